The molecule has 0 atom stereocenters. The third-order valence-corrected chi connectivity index (χ3v) is 2.66. The second kappa shape index (κ2) is 4.03. The van der Waals surface area contributed by atoms with Gasteiger partial charge in [-0.1, -0.05) is 27.7 Å². The van der Waals surface area contributed by atoms with Crippen LogP contribution in [0.4, 0.5) is 0 Å². The third kappa shape index (κ3) is 2.34. The molecule has 10 heavy (non-hydrogen) atoms. The van der Waals surface area contributed by atoms with Crippen LogP contribution in [0.3, 0.4) is 0 Å². The zero-order valence-corrected chi connectivity index (χ0v) is 8.04. The Morgan fingerprint density at radius 3 is 3.10 bits per heavy atom. The zero-order valence-electron chi connectivity index (χ0n) is 5.63. The quantitative estimate of drug-likeness (QED) is 0.580. The highest BCUT2D eigenvalue weighted by atomic mass is 79.9. The maximum atomic E-state index is 5.10. The van der Waals surface area contributed by atoms with Crippen molar-refractivity contribution in [3.8, 4) is 0 Å². The lowest BCUT2D eigenvalue weighted by molar-refractivity contribution is 0.454. The van der Waals surface area contributed by atoms with Crippen LogP contribution in [0.2, 0.25) is 0 Å². The number of alkyl halides is 1. The Balaban J connectivity index is 2.42. The third-order valence-electron chi connectivity index (χ3n) is 0.901. The summed E-state index contributed by atoms with van der Waals surface area (Å²) in [7, 11) is 0. The van der Waals surface area contributed by atoms with Crippen LogP contribution in [-0.2, 0) is 0 Å². The topological polar surface area (TPSA) is 26.0 Å². The van der Waals surface area contributed by atoms with Crippen molar-refractivity contribution in [2.45, 2.75) is 12.1 Å². The molecule has 0 aromatic carbocycles. The SMILES string of the molecule is Cc1coc(SCCBr)n1. The lowest BCUT2D eigenvalue weighted by Gasteiger charge is -1.87. The Morgan fingerprint density at radius 2 is 2.60 bits per heavy atom. The number of hydrogen-bond donors (Lipinski definition) is 0. The summed E-state index contributed by atoms with van der Waals surface area (Å²) in [6.45, 7) is 1.92. The summed E-state index contributed by atoms with van der Waals surface area (Å²) in [5, 5.41) is 1.73. The number of aryl methyl sites for hydroxylation is 1. The lowest BCUT2D eigenvalue weighted by atomic mass is 10.6. The van der Waals surface area contributed by atoms with E-state index in [2.05, 4.69) is 20.9 Å². The van der Waals surface area contributed by atoms with E-state index in [1.54, 1.807) is 18.0 Å². The summed E-state index contributed by atoms with van der Waals surface area (Å²) in [5.74, 6) is 1.000. The van der Waals surface area contributed by atoms with Crippen LogP contribution < -0.4 is 0 Å². The van der Waals surface area contributed by atoms with Gasteiger partial charge < -0.3 is 4.42 Å². The molecule has 0 unspecified atom stereocenters. The second-order valence-electron chi connectivity index (χ2n) is 1.79. The molecule has 0 N–H and O–H groups in total. The van der Waals surface area contributed by atoms with Gasteiger partial charge in [0.15, 0.2) is 0 Å². The maximum absolute atomic E-state index is 5.10. The fourth-order valence-electron chi connectivity index (χ4n) is 0.525. The molecular formula is C6H8BrNOS. The summed E-state index contributed by atoms with van der Waals surface area (Å²) >= 11 is 4.94. The van der Waals surface area contributed by atoms with Crippen LogP contribution in [0.15, 0.2) is 15.9 Å². The Kier molecular flexibility index (Phi) is 3.28. The molecule has 0 aliphatic rings. The van der Waals surface area contributed by atoms with Crippen LogP contribution in [0, 0.1) is 6.92 Å². The van der Waals surface area contributed by atoms with Crippen molar-refractivity contribution >= 4 is 27.7 Å². The summed E-state index contributed by atoms with van der Waals surface area (Å²) < 4.78 is 5.10. The standard InChI is InChI=1S/C6H8BrNOS/c1-5-4-9-6(8-5)10-3-2-7/h4H,2-3H2,1H3. The van der Waals surface area contributed by atoms with Crippen LogP contribution in [0.5, 0.6) is 0 Å². The number of thioether (sulfide) groups is 1. The van der Waals surface area contributed by atoms with E-state index in [1.165, 1.54) is 0 Å². The van der Waals surface area contributed by atoms with Gasteiger partial charge in [0, 0.05) is 11.1 Å². The van der Waals surface area contributed by atoms with Gasteiger partial charge in [-0.25, -0.2) is 4.98 Å². The highest BCUT2D eigenvalue weighted by molar-refractivity contribution is 9.09. The van der Waals surface area contributed by atoms with Gasteiger partial charge in [0.2, 0.25) is 0 Å². The van der Waals surface area contributed by atoms with Gasteiger partial charge >= 0.3 is 0 Å². The monoisotopic (exact) mass is 221 g/mol. The molecule has 0 radical (unpaired) electrons. The molecule has 0 fully saturated rings. The molecule has 0 bridgehead atoms. The Bertz CT molecular complexity index is 201. The highest BCUT2D eigenvalue weighted by Gasteiger charge is 1.98. The number of halogens is 1. The van der Waals surface area contributed by atoms with Gasteiger partial charge in [-0.2, -0.15) is 0 Å². The van der Waals surface area contributed by atoms with Crippen LogP contribution in [-0.4, -0.2) is 16.1 Å². The molecule has 1 heterocycles. The summed E-state index contributed by atoms with van der Waals surface area (Å²) in [6.07, 6.45) is 1.66. The first-order valence-electron chi connectivity index (χ1n) is 2.94. The first kappa shape index (κ1) is 8.14. The maximum Gasteiger partial charge on any atom is 0.255 e. The molecule has 4 heteroatoms. The first-order chi connectivity index (χ1) is 4.83. The van der Waals surface area contributed by atoms with Crippen molar-refractivity contribution in [2.75, 3.05) is 11.1 Å². The van der Waals surface area contributed by atoms with E-state index in [9.17, 15) is 0 Å². The average Bonchev–Trinajstić information content (AvgIpc) is 2.31. The second-order valence-corrected chi connectivity index (χ2v) is 3.63. The average molecular weight is 222 g/mol. The number of nitrogens with zero attached hydrogens (tertiary/aromatic N) is 1. The minimum absolute atomic E-state index is 0.761. The summed E-state index contributed by atoms with van der Waals surface area (Å²) in [5.41, 5.74) is 0.942. The predicted molar refractivity (Wildman–Crippen MR) is 45.8 cm³/mol. The molecule has 0 spiro atoms. The molecule has 1 rings (SSSR count). The van der Waals surface area contributed by atoms with E-state index >= 15 is 0 Å². The van der Waals surface area contributed by atoms with Gasteiger partial charge in [-0.05, 0) is 6.92 Å². The van der Waals surface area contributed by atoms with Crippen LogP contribution >= 0.6 is 27.7 Å². The lowest BCUT2D eigenvalue weighted by Crippen LogP contribution is -1.78. The summed E-state index contributed by atoms with van der Waals surface area (Å²) in [6, 6.07) is 0. The van der Waals surface area contributed by atoms with E-state index in [4.69, 9.17) is 4.42 Å². The molecular weight excluding hydrogens is 214 g/mol. The van der Waals surface area contributed by atoms with Gasteiger partial charge in [0.05, 0.1) is 5.69 Å². The smallest absolute Gasteiger partial charge is 0.255 e. The molecule has 0 aliphatic carbocycles. The van der Waals surface area contributed by atoms with Gasteiger partial charge in [0.1, 0.15) is 6.26 Å². The molecule has 56 valence electrons. The molecule has 0 saturated carbocycles. The number of hydrogen-bond acceptors (Lipinski definition) is 3. The molecule has 0 saturated heterocycles. The molecule has 2 nitrogen and oxygen atoms in total. The van der Waals surface area contributed by atoms with E-state index in [0.29, 0.717) is 0 Å². The van der Waals surface area contributed by atoms with E-state index in [-0.39, 0.29) is 0 Å². The fraction of sp³-hybridized carbons (Fsp3) is 0.500. The Morgan fingerprint density at radius 1 is 1.80 bits per heavy atom. The first-order valence-corrected chi connectivity index (χ1v) is 5.04. The number of rotatable bonds is 3. The van der Waals surface area contributed by atoms with Gasteiger partial charge in [-0.15, -0.1) is 0 Å². The van der Waals surface area contributed by atoms with Crippen molar-refractivity contribution in [1.29, 1.82) is 0 Å². The van der Waals surface area contributed by atoms with E-state index in [0.717, 1.165) is 22.0 Å². The fourth-order valence-corrected chi connectivity index (χ4v) is 1.59. The van der Waals surface area contributed by atoms with Crippen LogP contribution in [0.25, 0.3) is 0 Å². The Labute approximate surface area is 72.5 Å². The van der Waals surface area contributed by atoms with Crippen LogP contribution in [0.1, 0.15) is 5.69 Å². The van der Waals surface area contributed by atoms with E-state index in [1.807, 2.05) is 6.92 Å². The minimum atomic E-state index is 0.761. The normalized spacial score (nSPS) is 10.2. The van der Waals surface area contributed by atoms with Crippen molar-refractivity contribution < 1.29 is 4.42 Å². The summed E-state index contributed by atoms with van der Waals surface area (Å²) in [4.78, 5) is 4.12. The van der Waals surface area contributed by atoms with Crippen molar-refractivity contribution in [3.63, 3.8) is 0 Å². The largest absolute Gasteiger partial charge is 0.440 e. The zero-order chi connectivity index (χ0) is 7.40. The Hall–Kier alpha value is 0.0400. The van der Waals surface area contributed by atoms with Crippen molar-refractivity contribution in [2.24, 2.45) is 0 Å². The number of aromatic nitrogens is 1. The molecule has 0 amide bonds. The minimum Gasteiger partial charge on any atom is -0.440 e. The molecule has 1 aromatic rings. The molecule has 0 aliphatic heterocycles. The number of oxazole rings is 1. The molecule has 1 aromatic heterocycles. The van der Waals surface area contributed by atoms with E-state index < -0.39 is 0 Å². The predicted octanol–water partition coefficient (Wildman–Crippen LogP) is 2.47. The van der Waals surface area contributed by atoms with Gasteiger partial charge in [-0.3, -0.25) is 0 Å². The van der Waals surface area contributed by atoms with Crippen molar-refractivity contribution in [3.05, 3.63) is 12.0 Å². The van der Waals surface area contributed by atoms with Crippen molar-refractivity contribution in [1.82, 2.24) is 4.98 Å². The van der Waals surface area contributed by atoms with Gasteiger partial charge in [0.25, 0.3) is 5.22 Å². The highest BCUT2D eigenvalue weighted by Crippen LogP contribution is 2.16.